The maximum Gasteiger partial charge on any atom is 0.267 e. The van der Waals surface area contributed by atoms with Crippen LogP contribution in [0.2, 0.25) is 0 Å². The van der Waals surface area contributed by atoms with Crippen molar-refractivity contribution in [1.82, 2.24) is 15.2 Å². The standard InChI is InChI=1S/C12H19N3O/c1-2-15-8-4-6-11(15)12(16)14-9-10-5-3-7-13-10/h4,6,8,10,13H,2-3,5,7,9H2,1H3,(H,14,16). The highest BCUT2D eigenvalue weighted by Crippen LogP contribution is 2.05. The summed E-state index contributed by atoms with van der Waals surface area (Å²) in [7, 11) is 0. The number of aryl methyl sites for hydroxylation is 1. The van der Waals surface area contributed by atoms with Crippen molar-refractivity contribution in [1.29, 1.82) is 0 Å². The predicted molar refractivity (Wildman–Crippen MR) is 63.5 cm³/mol. The highest BCUT2D eigenvalue weighted by atomic mass is 16.1. The molecule has 0 aromatic carbocycles. The van der Waals surface area contributed by atoms with Crippen molar-refractivity contribution in [3.05, 3.63) is 24.0 Å². The molecule has 1 aliphatic rings. The molecule has 0 spiro atoms. The molecule has 16 heavy (non-hydrogen) atoms. The zero-order valence-corrected chi connectivity index (χ0v) is 9.70. The van der Waals surface area contributed by atoms with E-state index >= 15 is 0 Å². The molecule has 0 saturated carbocycles. The minimum absolute atomic E-state index is 0.0283. The smallest absolute Gasteiger partial charge is 0.267 e. The maximum atomic E-state index is 11.9. The lowest BCUT2D eigenvalue weighted by atomic mass is 10.2. The number of carbonyl (C=O) groups is 1. The molecule has 1 amide bonds. The fourth-order valence-electron chi connectivity index (χ4n) is 2.13. The second-order valence-corrected chi connectivity index (χ2v) is 4.18. The van der Waals surface area contributed by atoms with Gasteiger partial charge in [-0.25, -0.2) is 0 Å². The Bertz CT molecular complexity index is 353. The van der Waals surface area contributed by atoms with Gasteiger partial charge >= 0.3 is 0 Å². The second-order valence-electron chi connectivity index (χ2n) is 4.18. The third-order valence-electron chi connectivity index (χ3n) is 3.07. The molecule has 1 fully saturated rings. The first-order valence-electron chi connectivity index (χ1n) is 5.98. The van der Waals surface area contributed by atoms with Gasteiger partial charge in [-0.3, -0.25) is 4.79 Å². The average molecular weight is 221 g/mol. The summed E-state index contributed by atoms with van der Waals surface area (Å²) >= 11 is 0. The lowest BCUT2D eigenvalue weighted by Crippen LogP contribution is -2.37. The van der Waals surface area contributed by atoms with Gasteiger partial charge in [-0.2, -0.15) is 0 Å². The zero-order chi connectivity index (χ0) is 11.4. The number of nitrogens with one attached hydrogen (secondary N) is 2. The summed E-state index contributed by atoms with van der Waals surface area (Å²) in [5, 5.41) is 6.34. The van der Waals surface area contributed by atoms with Gasteiger partial charge in [0.05, 0.1) is 0 Å². The normalized spacial score (nSPS) is 19.9. The predicted octanol–water partition coefficient (Wildman–Crippen LogP) is 0.990. The van der Waals surface area contributed by atoms with E-state index in [-0.39, 0.29) is 5.91 Å². The van der Waals surface area contributed by atoms with Gasteiger partial charge in [0.25, 0.3) is 5.91 Å². The SMILES string of the molecule is CCn1cccc1C(=O)NCC1CCCN1. The van der Waals surface area contributed by atoms with E-state index in [1.807, 2.05) is 29.8 Å². The van der Waals surface area contributed by atoms with Crippen LogP contribution in [-0.2, 0) is 6.54 Å². The highest BCUT2D eigenvalue weighted by Gasteiger charge is 2.16. The summed E-state index contributed by atoms with van der Waals surface area (Å²) in [6.45, 7) is 4.67. The molecular weight excluding hydrogens is 202 g/mol. The van der Waals surface area contributed by atoms with Crippen molar-refractivity contribution in [3.8, 4) is 0 Å². The van der Waals surface area contributed by atoms with Gasteiger partial charge in [-0.05, 0) is 38.4 Å². The summed E-state index contributed by atoms with van der Waals surface area (Å²) < 4.78 is 1.96. The van der Waals surface area contributed by atoms with Gasteiger partial charge in [-0.1, -0.05) is 0 Å². The Kier molecular flexibility index (Phi) is 3.62. The van der Waals surface area contributed by atoms with E-state index in [0.29, 0.717) is 6.04 Å². The molecule has 0 aliphatic carbocycles. The minimum Gasteiger partial charge on any atom is -0.349 e. The van der Waals surface area contributed by atoms with Crippen molar-refractivity contribution in [2.24, 2.45) is 0 Å². The largest absolute Gasteiger partial charge is 0.349 e. The Morgan fingerprint density at radius 1 is 1.69 bits per heavy atom. The Balaban J connectivity index is 1.87. The lowest BCUT2D eigenvalue weighted by molar-refractivity contribution is 0.0941. The molecule has 2 rings (SSSR count). The van der Waals surface area contributed by atoms with Crippen LogP contribution in [-0.4, -0.2) is 29.6 Å². The molecule has 4 heteroatoms. The number of hydrogen-bond acceptors (Lipinski definition) is 2. The molecule has 1 aliphatic heterocycles. The van der Waals surface area contributed by atoms with E-state index in [1.54, 1.807) is 0 Å². The molecule has 1 aromatic rings. The third kappa shape index (κ3) is 2.44. The van der Waals surface area contributed by atoms with E-state index < -0.39 is 0 Å². The summed E-state index contributed by atoms with van der Waals surface area (Å²) in [6.07, 6.45) is 4.31. The monoisotopic (exact) mass is 221 g/mol. The number of amides is 1. The van der Waals surface area contributed by atoms with Gasteiger partial charge in [0, 0.05) is 25.3 Å². The van der Waals surface area contributed by atoms with Gasteiger partial charge in [-0.15, -0.1) is 0 Å². The van der Waals surface area contributed by atoms with Crippen LogP contribution in [0.1, 0.15) is 30.3 Å². The van der Waals surface area contributed by atoms with Gasteiger partial charge in [0.1, 0.15) is 5.69 Å². The molecule has 88 valence electrons. The van der Waals surface area contributed by atoms with Gasteiger partial charge in [0.2, 0.25) is 0 Å². The summed E-state index contributed by atoms with van der Waals surface area (Å²) in [5.74, 6) is 0.0283. The second kappa shape index (κ2) is 5.16. The van der Waals surface area contributed by atoms with Crippen LogP contribution in [0.25, 0.3) is 0 Å². The number of rotatable bonds is 4. The van der Waals surface area contributed by atoms with Crippen LogP contribution in [0.15, 0.2) is 18.3 Å². The molecule has 4 nitrogen and oxygen atoms in total. The fourth-order valence-corrected chi connectivity index (χ4v) is 2.13. The van der Waals surface area contributed by atoms with E-state index in [1.165, 1.54) is 6.42 Å². The van der Waals surface area contributed by atoms with Crippen LogP contribution in [0, 0.1) is 0 Å². The molecule has 1 saturated heterocycles. The number of hydrogen-bond donors (Lipinski definition) is 2. The van der Waals surface area contributed by atoms with Crippen LogP contribution in [0.5, 0.6) is 0 Å². The van der Waals surface area contributed by atoms with Gasteiger partial charge in [0.15, 0.2) is 0 Å². The van der Waals surface area contributed by atoms with Crippen molar-refractivity contribution >= 4 is 5.91 Å². The number of carbonyl (C=O) groups excluding carboxylic acids is 1. The Labute approximate surface area is 96.0 Å². The molecule has 1 unspecified atom stereocenters. The quantitative estimate of drug-likeness (QED) is 0.796. The van der Waals surface area contributed by atoms with Crippen LogP contribution in [0.4, 0.5) is 0 Å². The Hall–Kier alpha value is -1.29. The topological polar surface area (TPSA) is 46.1 Å². The van der Waals surface area contributed by atoms with Crippen molar-refractivity contribution < 1.29 is 4.79 Å². The lowest BCUT2D eigenvalue weighted by Gasteiger charge is -2.12. The maximum absolute atomic E-state index is 11.9. The summed E-state index contributed by atoms with van der Waals surface area (Å²) in [6, 6.07) is 4.22. The first-order valence-corrected chi connectivity index (χ1v) is 5.98. The van der Waals surface area contributed by atoms with E-state index in [0.717, 1.165) is 31.7 Å². The first-order chi connectivity index (χ1) is 7.81. The van der Waals surface area contributed by atoms with Crippen molar-refractivity contribution in [2.45, 2.75) is 32.4 Å². The molecule has 1 atom stereocenters. The van der Waals surface area contributed by atoms with Crippen molar-refractivity contribution in [3.63, 3.8) is 0 Å². The number of nitrogens with zero attached hydrogens (tertiary/aromatic N) is 1. The van der Waals surface area contributed by atoms with Gasteiger partial charge < -0.3 is 15.2 Å². The van der Waals surface area contributed by atoms with Crippen LogP contribution >= 0.6 is 0 Å². The van der Waals surface area contributed by atoms with Crippen LogP contribution < -0.4 is 10.6 Å². The number of aromatic nitrogens is 1. The fraction of sp³-hybridized carbons (Fsp3) is 0.583. The summed E-state index contributed by atoms with van der Waals surface area (Å²) in [5.41, 5.74) is 0.750. The average Bonchev–Trinajstić information content (AvgIpc) is 2.96. The molecular formula is C12H19N3O. The first kappa shape index (κ1) is 11.2. The van der Waals surface area contributed by atoms with Crippen LogP contribution in [0.3, 0.4) is 0 Å². The highest BCUT2D eigenvalue weighted by molar-refractivity contribution is 5.92. The third-order valence-corrected chi connectivity index (χ3v) is 3.07. The molecule has 1 aromatic heterocycles. The molecule has 0 radical (unpaired) electrons. The Morgan fingerprint density at radius 3 is 3.25 bits per heavy atom. The minimum atomic E-state index is 0.0283. The van der Waals surface area contributed by atoms with E-state index in [9.17, 15) is 4.79 Å². The van der Waals surface area contributed by atoms with E-state index in [4.69, 9.17) is 0 Å². The molecule has 0 bridgehead atoms. The van der Waals surface area contributed by atoms with Crippen molar-refractivity contribution in [2.75, 3.05) is 13.1 Å². The summed E-state index contributed by atoms with van der Waals surface area (Å²) in [4.78, 5) is 11.9. The van der Waals surface area contributed by atoms with E-state index in [2.05, 4.69) is 10.6 Å². The molecule has 2 heterocycles. The zero-order valence-electron chi connectivity index (χ0n) is 9.70. The Morgan fingerprint density at radius 2 is 2.56 bits per heavy atom. The molecule has 2 N–H and O–H groups in total.